The number of nitrogens with zero attached hydrogens (tertiary/aromatic N) is 4. The number of aryl methyl sites for hydroxylation is 3. The van der Waals surface area contributed by atoms with Crippen molar-refractivity contribution in [2.75, 3.05) is 11.9 Å². The highest BCUT2D eigenvalue weighted by molar-refractivity contribution is 5.87. The molecule has 0 aliphatic carbocycles. The van der Waals surface area contributed by atoms with E-state index in [0.717, 1.165) is 5.56 Å². The number of likely N-dealkylation sites (tertiary alicyclic amines) is 1. The Morgan fingerprint density at radius 1 is 1.32 bits per heavy atom. The van der Waals surface area contributed by atoms with Crippen molar-refractivity contribution in [3.8, 4) is 0 Å². The first-order valence-electron chi connectivity index (χ1n) is 8.15. The van der Waals surface area contributed by atoms with Crippen molar-refractivity contribution in [1.82, 2.24) is 14.7 Å². The number of hydrogen-bond donors (Lipinski definition) is 1. The van der Waals surface area contributed by atoms with Crippen molar-refractivity contribution in [3.63, 3.8) is 0 Å². The Morgan fingerprint density at radius 2 is 2.00 bits per heavy atom. The van der Waals surface area contributed by atoms with Crippen LogP contribution < -0.4 is 5.32 Å². The molecule has 8 heteroatoms. The Kier molecular flexibility index (Phi) is 4.43. The van der Waals surface area contributed by atoms with E-state index < -0.39 is 11.0 Å². The lowest BCUT2D eigenvalue weighted by atomic mass is 10.1. The molecular weight excluding hydrogens is 322 g/mol. The second kappa shape index (κ2) is 6.54. The minimum Gasteiger partial charge on any atom is -0.353 e. The maximum Gasteiger partial charge on any atom is 0.333 e. The fourth-order valence-electron chi connectivity index (χ4n) is 3.14. The molecule has 0 bridgehead atoms. The third-order valence-electron chi connectivity index (χ3n) is 4.48. The fraction of sp³-hybridized carbons (Fsp3) is 0.412. The predicted octanol–water partition coefficient (Wildman–Crippen LogP) is 2.16. The van der Waals surface area contributed by atoms with Crippen molar-refractivity contribution in [1.29, 1.82) is 0 Å². The monoisotopic (exact) mass is 343 g/mol. The van der Waals surface area contributed by atoms with Crippen LogP contribution in [0.1, 0.15) is 23.2 Å². The number of benzene rings is 1. The highest BCUT2D eigenvalue weighted by Gasteiger charge is 2.34. The van der Waals surface area contributed by atoms with E-state index in [1.54, 1.807) is 18.9 Å². The van der Waals surface area contributed by atoms with E-state index in [0.29, 0.717) is 25.2 Å². The molecule has 0 spiro atoms. The molecular formula is C17H21N5O3. The summed E-state index contributed by atoms with van der Waals surface area (Å²) < 4.78 is 1.42. The van der Waals surface area contributed by atoms with Gasteiger partial charge in [-0.2, -0.15) is 5.10 Å². The van der Waals surface area contributed by atoms with Gasteiger partial charge in [0.15, 0.2) is 0 Å². The van der Waals surface area contributed by atoms with Crippen LogP contribution in [0.15, 0.2) is 24.3 Å². The molecule has 1 N–H and O–H groups in total. The van der Waals surface area contributed by atoms with Gasteiger partial charge >= 0.3 is 5.69 Å². The number of anilines is 1. The van der Waals surface area contributed by atoms with Gasteiger partial charge in [0.05, 0.1) is 4.92 Å². The van der Waals surface area contributed by atoms with Crippen LogP contribution in [0.4, 0.5) is 11.5 Å². The maximum atomic E-state index is 12.6. The molecule has 25 heavy (non-hydrogen) atoms. The molecule has 0 radical (unpaired) electrons. The van der Waals surface area contributed by atoms with Gasteiger partial charge in [0.25, 0.3) is 0 Å². The number of nitrogens with one attached hydrogen (secondary N) is 1. The Bertz CT molecular complexity index is 812. The number of amides is 1. The molecule has 1 aliphatic heterocycles. The fourth-order valence-corrected chi connectivity index (χ4v) is 3.14. The number of carbonyl (C=O) groups is 1. The third-order valence-corrected chi connectivity index (χ3v) is 4.48. The van der Waals surface area contributed by atoms with Crippen LogP contribution in [0.25, 0.3) is 0 Å². The van der Waals surface area contributed by atoms with Crippen molar-refractivity contribution in [2.24, 2.45) is 7.05 Å². The van der Waals surface area contributed by atoms with Crippen LogP contribution in [0.5, 0.6) is 0 Å². The summed E-state index contributed by atoms with van der Waals surface area (Å²) in [6.45, 7) is 4.77. The first-order valence-corrected chi connectivity index (χ1v) is 8.15. The van der Waals surface area contributed by atoms with Gasteiger partial charge < -0.3 is 10.2 Å². The number of rotatable bonds is 5. The summed E-state index contributed by atoms with van der Waals surface area (Å²) in [4.78, 5) is 25.2. The molecule has 1 amide bonds. The Morgan fingerprint density at radius 3 is 2.64 bits per heavy atom. The number of nitro groups is 1. The molecule has 132 valence electrons. The van der Waals surface area contributed by atoms with E-state index in [1.165, 1.54) is 10.2 Å². The SMILES string of the molecule is Cc1ccc(CN2CCC(Nc3c([N+](=O)[O-])c(C)nn3C)C2=O)cc1. The molecule has 3 rings (SSSR count). The molecule has 8 nitrogen and oxygen atoms in total. The molecule has 2 heterocycles. The van der Waals surface area contributed by atoms with Crippen LogP contribution >= 0.6 is 0 Å². The molecule has 0 saturated carbocycles. The summed E-state index contributed by atoms with van der Waals surface area (Å²) >= 11 is 0. The van der Waals surface area contributed by atoms with Crippen LogP contribution in [-0.4, -0.2) is 38.1 Å². The molecule has 1 unspecified atom stereocenters. The standard InChI is InChI=1S/C17H21N5O3/c1-11-4-6-13(7-5-11)10-21-9-8-14(17(21)23)18-16-15(22(24)25)12(2)19-20(16)3/h4-7,14,18H,8-10H2,1-3H3. The van der Waals surface area contributed by atoms with Crippen LogP contribution in [0, 0.1) is 24.0 Å². The first-order chi connectivity index (χ1) is 11.9. The van der Waals surface area contributed by atoms with Crippen LogP contribution in [0.2, 0.25) is 0 Å². The number of hydrogen-bond acceptors (Lipinski definition) is 5. The molecule has 2 aromatic rings. The van der Waals surface area contributed by atoms with Crippen molar-refractivity contribution in [2.45, 2.75) is 32.9 Å². The van der Waals surface area contributed by atoms with E-state index in [4.69, 9.17) is 0 Å². The van der Waals surface area contributed by atoms with Crippen molar-refractivity contribution < 1.29 is 9.72 Å². The Labute approximate surface area is 145 Å². The van der Waals surface area contributed by atoms with Crippen molar-refractivity contribution >= 4 is 17.4 Å². The van der Waals surface area contributed by atoms with Crippen LogP contribution in [-0.2, 0) is 18.4 Å². The van der Waals surface area contributed by atoms with Gasteiger partial charge in [-0.15, -0.1) is 0 Å². The predicted molar refractivity (Wildman–Crippen MR) is 93.2 cm³/mol. The van der Waals surface area contributed by atoms with Crippen LogP contribution in [0.3, 0.4) is 0 Å². The van der Waals surface area contributed by atoms with Gasteiger partial charge in [0.1, 0.15) is 11.7 Å². The largest absolute Gasteiger partial charge is 0.353 e. The zero-order valence-electron chi connectivity index (χ0n) is 14.5. The summed E-state index contributed by atoms with van der Waals surface area (Å²) in [7, 11) is 1.63. The van der Waals surface area contributed by atoms with Gasteiger partial charge in [-0.3, -0.25) is 14.9 Å². The summed E-state index contributed by atoms with van der Waals surface area (Å²) in [5.74, 6) is 0.228. The smallest absolute Gasteiger partial charge is 0.333 e. The Balaban J connectivity index is 1.73. The molecule has 1 aliphatic rings. The second-order valence-corrected chi connectivity index (χ2v) is 6.39. The van der Waals surface area contributed by atoms with Gasteiger partial charge in [0.2, 0.25) is 11.7 Å². The first kappa shape index (κ1) is 16.9. The molecule has 1 fully saturated rings. The molecule has 1 aromatic carbocycles. The Hall–Kier alpha value is -2.90. The summed E-state index contributed by atoms with van der Waals surface area (Å²) in [6.07, 6.45) is 0.603. The summed E-state index contributed by atoms with van der Waals surface area (Å²) in [5.41, 5.74) is 2.50. The summed E-state index contributed by atoms with van der Waals surface area (Å²) in [5, 5.41) is 18.4. The lowest BCUT2D eigenvalue weighted by molar-refractivity contribution is -0.384. The van der Waals surface area contributed by atoms with E-state index in [1.807, 2.05) is 31.2 Å². The quantitative estimate of drug-likeness (QED) is 0.663. The molecule has 1 aromatic heterocycles. The second-order valence-electron chi connectivity index (χ2n) is 6.39. The molecule has 1 atom stereocenters. The zero-order chi connectivity index (χ0) is 18.1. The van der Waals surface area contributed by atoms with Gasteiger partial charge in [-0.25, -0.2) is 4.68 Å². The highest BCUT2D eigenvalue weighted by atomic mass is 16.6. The number of aromatic nitrogens is 2. The maximum absolute atomic E-state index is 12.6. The average Bonchev–Trinajstić information content (AvgIpc) is 3.03. The van der Waals surface area contributed by atoms with E-state index >= 15 is 0 Å². The van der Waals surface area contributed by atoms with Crippen molar-refractivity contribution in [3.05, 3.63) is 51.2 Å². The molecule has 1 saturated heterocycles. The summed E-state index contributed by atoms with van der Waals surface area (Å²) in [6, 6.07) is 7.59. The van der Waals surface area contributed by atoms with E-state index in [-0.39, 0.29) is 17.4 Å². The normalized spacial score (nSPS) is 17.2. The lowest BCUT2D eigenvalue weighted by Gasteiger charge is -2.17. The number of carbonyl (C=O) groups excluding carboxylic acids is 1. The van der Waals surface area contributed by atoms with Gasteiger partial charge in [0, 0.05) is 20.1 Å². The van der Waals surface area contributed by atoms with E-state index in [2.05, 4.69) is 10.4 Å². The topological polar surface area (TPSA) is 93.3 Å². The zero-order valence-corrected chi connectivity index (χ0v) is 14.5. The highest BCUT2D eigenvalue weighted by Crippen LogP contribution is 2.29. The van der Waals surface area contributed by atoms with Gasteiger partial charge in [-0.1, -0.05) is 29.8 Å². The average molecular weight is 343 g/mol. The minimum absolute atomic E-state index is 0.0475. The van der Waals surface area contributed by atoms with E-state index in [9.17, 15) is 14.9 Å². The lowest BCUT2D eigenvalue weighted by Crippen LogP contribution is -2.33. The van der Waals surface area contributed by atoms with Gasteiger partial charge in [-0.05, 0) is 25.8 Å². The third kappa shape index (κ3) is 3.33. The minimum atomic E-state index is -0.473.